The molecule has 1 aromatic heterocycles. The maximum Gasteiger partial charge on any atom is 0.224 e. The minimum absolute atomic E-state index is 0.0449. The lowest BCUT2D eigenvalue weighted by Gasteiger charge is -2.22. The van der Waals surface area contributed by atoms with Gasteiger partial charge in [-0.25, -0.2) is 4.98 Å². The first-order chi connectivity index (χ1) is 10.0. The topological polar surface area (TPSA) is 69.8 Å². The van der Waals surface area contributed by atoms with Crippen molar-refractivity contribution in [3.05, 3.63) is 30.1 Å². The first-order valence-corrected chi connectivity index (χ1v) is 7.42. The molecule has 5 heteroatoms. The molecule has 0 radical (unpaired) electrons. The highest BCUT2D eigenvalue weighted by Crippen LogP contribution is 2.22. The number of aromatic nitrogens is 2. The maximum absolute atomic E-state index is 12.2. The highest BCUT2D eigenvalue weighted by atomic mass is 16.1. The van der Waals surface area contributed by atoms with E-state index in [1.807, 2.05) is 38.2 Å². The summed E-state index contributed by atoms with van der Waals surface area (Å²) in [6.45, 7) is 6.75. The van der Waals surface area contributed by atoms with E-state index in [1.54, 1.807) is 0 Å². The molecule has 5 nitrogen and oxygen atoms in total. The molecule has 21 heavy (non-hydrogen) atoms. The molecule has 0 saturated carbocycles. The zero-order valence-electron chi connectivity index (χ0n) is 13.1. The fraction of sp³-hybridized carbons (Fsp3) is 0.500. The van der Waals surface area contributed by atoms with E-state index in [2.05, 4.69) is 34.4 Å². The molecule has 2 aromatic rings. The van der Waals surface area contributed by atoms with Crippen LogP contribution in [-0.4, -0.2) is 29.5 Å². The first kappa shape index (κ1) is 15.5. The van der Waals surface area contributed by atoms with Gasteiger partial charge in [-0.2, -0.15) is 0 Å². The number of carbonyl (C=O) groups is 1. The van der Waals surface area contributed by atoms with Crippen LogP contribution in [0.3, 0.4) is 0 Å². The van der Waals surface area contributed by atoms with E-state index in [1.165, 1.54) is 0 Å². The quantitative estimate of drug-likeness (QED) is 0.763. The number of imidazole rings is 1. The van der Waals surface area contributed by atoms with Gasteiger partial charge in [-0.05, 0) is 25.1 Å². The van der Waals surface area contributed by atoms with Crippen LogP contribution in [-0.2, 0) is 4.79 Å². The molecule has 0 fully saturated rings. The second-order valence-electron chi connectivity index (χ2n) is 5.83. The molecule has 2 unspecified atom stereocenters. The van der Waals surface area contributed by atoms with Gasteiger partial charge in [-0.15, -0.1) is 0 Å². The monoisotopic (exact) mass is 288 g/mol. The van der Waals surface area contributed by atoms with Gasteiger partial charge in [0.05, 0.1) is 17.1 Å². The number of hydrogen-bond acceptors (Lipinski definition) is 3. The number of hydrogen-bond donors (Lipinski definition) is 3. The number of H-pyrrole nitrogens is 1. The first-order valence-electron chi connectivity index (χ1n) is 7.42. The minimum atomic E-state index is -0.107. The molecule has 1 amide bonds. The highest BCUT2D eigenvalue weighted by molar-refractivity contribution is 5.79. The standard InChI is InChI=1S/C16H24N4O/c1-10(2)14(20-16(21)11(3)9-17-4)15-18-12-7-5-6-8-13(12)19-15/h5-8,10-11,14,17H,9H2,1-4H3,(H,18,19)(H,20,21). The summed E-state index contributed by atoms with van der Waals surface area (Å²) in [7, 11) is 1.85. The maximum atomic E-state index is 12.2. The number of nitrogens with zero attached hydrogens (tertiary/aromatic N) is 1. The Hall–Kier alpha value is -1.88. The molecule has 2 atom stereocenters. The van der Waals surface area contributed by atoms with Crippen molar-refractivity contribution in [2.45, 2.75) is 26.8 Å². The molecular formula is C16H24N4O. The van der Waals surface area contributed by atoms with Crippen LogP contribution in [0, 0.1) is 11.8 Å². The smallest absolute Gasteiger partial charge is 0.224 e. The van der Waals surface area contributed by atoms with Crippen LogP contribution >= 0.6 is 0 Å². The van der Waals surface area contributed by atoms with Gasteiger partial charge in [-0.1, -0.05) is 32.9 Å². The average molecular weight is 288 g/mol. The van der Waals surface area contributed by atoms with Crippen molar-refractivity contribution < 1.29 is 4.79 Å². The van der Waals surface area contributed by atoms with E-state index in [9.17, 15) is 4.79 Å². The van der Waals surface area contributed by atoms with E-state index in [-0.39, 0.29) is 23.8 Å². The van der Waals surface area contributed by atoms with Crippen LogP contribution in [0.15, 0.2) is 24.3 Å². The summed E-state index contributed by atoms with van der Waals surface area (Å²) >= 11 is 0. The number of rotatable bonds is 6. The Balaban J connectivity index is 2.20. The Morgan fingerprint density at radius 3 is 2.62 bits per heavy atom. The van der Waals surface area contributed by atoms with E-state index in [0.717, 1.165) is 16.9 Å². The van der Waals surface area contributed by atoms with Crippen molar-refractivity contribution in [1.29, 1.82) is 0 Å². The van der Waals surface area contributed by atoms with E-state index in [0.29, 0.717) is 6.54 Å². The van der Waals surface area contributed by atoms with Crippen molar-refractivity contribution in [3.63, 3.8) is 0 Å². The Bertz CT molecular complexity index is 572. The molecule has 2 rings (SSSR count). The molecule has 3 N–H and O–H groups in total. The van der Waals surface area contributed by atoms with Gasteiger partial charge in [0.1, 0.15) is 5.82 Å². The van der Waals surface area contributed by atoms with E-state index < -0.39 is 0 Å². The van der Waals surface area contributed by atoms with Crippen LogP contribution in [0.25, 0.3) is 11.0 Å². The summed E-state index contributed by atoms with van der Waals surface area (Å²) < 4.78 is 0. The van der Waals surface area contributed by atoms with Gasteiger partial charge >= 0.3 is 0 Å². The zero-order chi connectivity index (χ0) is 15.4. The fourth-order valence-electron chi connectivity index (χ4n) is 2.36. The molecule has 114 valence electrons. The SMILES string of the molecule is CNCC(C)C(=O)NC(c1nc2ccccc2[nH]1)C(C)C. The number of amides is 1. The van der Waals surface area contributed by atoms with Crippen molar-refractivity contribution in [1.82, 2.24) is 20.6 Å². The number of aromatic amines is 1. The van der Waals surface area contributed by atoms with Gasteiger partial charge in [-0.3, -0.25) is 4.79 Å². The van der Waals surface area contributed by atoms with Crippen LogP contribution in [0.4, 0.5) is 0 Å². The zero-order valence-corrected chi connectivity index (χ0v) is 13.1. The number of nitrogens with one attached hydrogen (secondary N) is 3. The third-order valence-electron chi connectivity index (χ3n) is 3.62. The lowest BCUT2D eigenvalue weighted by molar-refractivity contribution is -0.125. The third-order valence-corrected chi connectivity index (χ3v) is 3.62. The van der Waals surface area contributed by atoms with Crippen molar-refractivity contribution in [2.24, 2.45) is 11.8 Å². The Kier molecular flexibility index (Phi) is 4.96. The summed E-state index contributed by atoms with van der Waals surface area (Å²) in [6, 6.07) is 7.80. The molecule has 0 aliphatic heterocycles. The second kappa shape index (κ2) is 6.72. The second-order valence-corrected chi connectivity index (χ2v) is 5.83. The predicted molar refractivity (Wildman–Crippen MR) is 84.9 cm³/mol. The van der Waals surface area contributed by atoms with Gasteiger partial charge < -0.3 is 15.6 Å². The van der Waals surface area contributed by atoms with Crippen LogP contribution in [0.2, 0.25) is 0 Å². The largest absolute Gasteiger partial charge is 0.346 e. The summed E-state index contributed by atoms with van der Waals surface area (Å²) in [4.78, 5) is 20.2. The van der Waals surface area contributed by atoms with Crippen molar-refractivity contribution in [2.75, 3.05) is 13.6 Å². The van der Waals surface area contributed by atoms with E-state index >= 15 is 0 Å². The minimum Gasteiger partial charge on any atom is -0.346 e. The molecule has 0 bridgehead atoms. The van der Waals surface area contributed by atoms with Crippen LogP contribution in [0.5, 0.6) is 0 Å². The normalized spacial score (nSPS) is 14.3. The summed E-state index contributed by atoms with van der Waals surface area (Å²) in [5.74, 6) is 1.05. The Labute approximate surface area is 125 Å². The summed E-state index contributed by atoms with van der Waals surface area (Å²) in [5.41, 5.74) is 1.92. The summed E-state index contributed by atoms with van der Waals surface area (Å²) in [5, 5.41) is 6.13. The van der Waals surface area contributed by atoms with Gasteiger partial charge in [0.2, 0.25) is 5.91 Å². The number of para-hydroxylation sites is 2. The molecule has 1 heterocycles. The van der Waals surface area contributed by atoms with Crippen molar-refractivity contribution >= 4 is 16.9 Å². The summed E-state index contributed by atoms with van der Waals surface area (Å²) in [6.07, 6.45) is 0. The Morgan fingerprint density at radius 2 is 2.00 bits per heavy atom. The molecule has 0 saturated heterocycles. The number of fused-ring (bicyclic) bond motifs is 1. The van der Waals surface area contributed by atoms with Gasteiger partial charge in [0.25, 0.3) is 0 Å². The molecule has 0 spiro atoms. The third kappa shape index (κ3) is 3.61. The van der Waals surface area contributed by atoms with Crippen LogP contribution in [0.1, 0.15) is 32.6 Å². The molecule has 0 aliphatic rings. The molecular weight excluding hydrogens is 264 g/mol. The van der Waals surface area contributed by atoms with Crippen molar-refractivity contribution in [3.8, 4) is 0 Å². The van der Waals surface area contributed by atoms with Gasteiger partial charge in [0, 0.05) is 12.5 Å². The lowest BCUT2D eigenvalue weighted by atomic mass is 10.0. The average Bonchev–Trinajstić information content (AvgIpc) is 2.87. The van der Waals surface area contributed by atoms with E-state index in [4.69, 9.17) is 0 Å². The molecule has 0 aliphatic carbocycles. The highest BCUT2D eigenvalue weighted by Gasteiger charge is 2.23. The van der Waals surface area contributed by atoms with Gasteiger partial charge in [0.15, 0.2) is 0 Å². The molecule has 1 aromatic carbocycles. The number of carbonyl (C=O) groups excluding carboxylic acids is 1. The van der Waals surface area contributed by atoms with Crippen LogP contribution < -0.4 is 10.6 Å². The Morgan fingerprint density at radius 1 is 1.29 bits per heavy atom. The lowest BCUT2D eigenvalue weighted by Crippen LogP contribution is -2.38. The number of benzene rings is 1. The predicted octanol–water partition coefficient (Wildman–Crippen LogP) is 2.23. The fourth-order valence-corrected chi connectivity index (χ4v) is 2.36.